The lowest BCUT2D eigenvalue weighted by molar-refractivity contribution is 0.0528. The van der Waals surface area contributed by atoms with E-state index in [1.54, 1.807) is 0 Å². The number of rotatable bonds is 25. The molecule has 0 aliphatic rings. The average molecular weight is 826 g/mol. The summed E-state index contributed by atoms with van der Waals surface area (Å²) in [5.41, 5.74) is 9.56. The van der Waals surface area contributed by atoms with Gasteiger partial charge in [-0.25, -0.2) is 4.79 Å². The topological polar surface area (TPSA) is 90.8 Å². The molecule has 61 heavy (non-hydrogen) atoms. The van der Waals surface area contributed by atoms with Crippen LogP contribution in [0.5, 0.6) is 5.75 Å². The molecule has 3 aromatic carbocycles. The summed E-state index contributed by atoms with van der Waals surface area (Å²) in [4.78, 5) is 26.7. The highest BCUT2D eigenvalue weighted by Crippen LogP contribution is 2.29. The minimum atomic E-state index is -0.579. The van der Waals surface area contributed by atoms with Gasteiger partial charge in [0, 0.05) is 69.3 Å². The second-order valence-corrected chi connectivity index (χ2v) is 17.6. The highest BCUT2D eigenvalue weighted by Gasteiger charge is 2.20. The van der Waals surface area contributed by atoms with Crippen LogP contribution in [0.1, 0.15) is 123 Å². The highest BCUT2D eigenvalue weighted by molar-refractivity contribution is 5.67. The number of nitrogens with one attached hydrogen (secondary N) is 1. The molecule has 0 saturated carbocycles. The minimum Gasteiger partial charge on any atom is -0.507 e. The van der Waals surface area contributed by atoms with Crippen LogP contribution in [0.2, 0.25) is 0 Å². The van der Waals surface area contributed by atoms with Crippen LogP contribution >= 0.6 is 0 Å². The molecule has 2 aromatic heterocycles. The lowest BCUT2D eigenvalue weighted by atomic mass is 10.00. The fourth-order valence-electron chi connectivity index (χ4n) is 7.67. The molecule has 0 fully saturated rings. The predicted octanol–water partition coefficient (Wildman–Crippen LogP) is 11.2. The smallest absolute Gasteiger partial charge is 0.407 e. The zero-order valence-electron chi connectivity index (χ0n) is 37.7. The van der Waals surface area contributed by atoms with Gasteiger partial charge in [0.2, 0.25) is 0 Å². The summed E-state index contributed by atoms with van der Waals surface area (Å²) in [6, 6.07) is 34.5. The number of benzene rings is 3. The fraction of sp³-hybridized carbons (Fsp3) is 0.453. The maximum atomic E-state index is 12.6. The van der Waals surface area contributed by atoms with Gasteiger partial charge in [-0.15, -0.1) is 0 Å². The number of aromatic hydroxyl groups is 1. The maximum Gasteiger partial charge on any atom is 0.407 e. The number of amides is 1. The van der Waals surface area contributed by atoms with Gasteiger partial charge in [-0.05, 0) is 118 Å². The molecule has 8 nitrogen and oxygen atoms in total. The molecule has 0 bridgehead atoms. The van der Waals surface area contributed by atoms with Crippen LogP contribution < -0.4 is 5.32 Å². The third-order valence-corrected chi connectivity index (χ3v) is 11.0. The Kier molecular flexibility index (Phi) is 19.3. The Morgan fingerprint density at radius 1 is 0.590 bits per heavy atom. The molecule has 2 heterocycles. The van der Waals surface area contributed by atoms with Crippen LogP contribution in [0.4, 0.5) is 4.79 Å². The van der Waals surface area contributed by atoms with E-state index in [9.17, 15) is 9.90 Å². The molecule has 5 rings (SSSR count). The van der Waals surface area contributed by atoms with Crippen molar-refractivity contribution in [1.82, 2.24) is 25.1 Å². The first-order valence-electron chi connectivity index (χ1n) is 22.8. The number of aromatic nitrogens is 2. The number of ether oxygens (including phenoxy) is 1. The Hall–Kier alpha value is -5.05. The zero-order valence-corrected chi connectivity index (χ0v) is 37.7. The average Bonchev–Trinajstić information content (AvgIpc) is 3.24. The molecular formula is C53H71N5O3. The number of phenolic OH excluding ortho intramolecular Hbond substituents is 1. The van der Waals surface area contributed by atoms with Crippen molar-refractivity contribution in [3.8, 4) is 5.75 Å². The van der Waals surface area contributed by atoms with E-state index in [0.717, 1.165) is 66.9 Å². The number of nitrogens with zero attached hydrogens (tertiary/aromatic N) is 4. The number of carbonyl (C=O) groups is 1. The van der Waals surface area contributed by atoms with Crippen molar-refractivity contribution >= 4 is 6.09 Å². The van der Waals surface area contributed by atoms with Crippen LogP contribution in [0.15, 0.2) is 109 Å². The van der Waals surface area contributed by atoms with Crippen molar-refractivity contribution in [2.24, 2.45) is 0 Å². The summed E-state index contributed by atoms with van der Waals surface area (Å²) >= 11 is 0. The molecule has 8 heteroatoms. The summed E-state index contributed by atoms with van der Waals surface area (Å²) < 4.78 is 5.53. The van der Waals surface area contributed by atoms with E-state index in [-0.39, 0.29) is 0 Å². The molecule has 326 valence electrons. The van der Waals surface area contributed by atoms with E-state index < -0.39 is 11.7 Å². The van der Waals surface area contributed by atoms with Gasteiger partial charge in [-0.3, -0.25) is 19.8 Å². The van der Waals surface area contributed by atoms with E-state index in [1.807, 2.05) is 57.4 Å². The van der Waals surface area contributed by atoms with Crippen LogP contribution in [0.25, 0.3) is 0 Å². The third-order valence-electron chi connectivity index (χ3n) is 11.0. The van der Waals surface area contributed by atoms with Gasteiger partial charge >= 0.3 is 6.09 Å². The van der Waals surface area contributed by atoms with E-state index in [0.29, 0.717) is 44.9 Å². The number of hydrogen-bond acceptors (Lipinski definition) is 7. The Bertz CT molecular complexity index is 1870. The molecule has 5 aromatic rings. The molecular weight excluding hydrogens is 755 g/mol. The number of carbonyl (C=O) groups excluding carboxylic acids is 1. The zero-order chi connectivity index (χ0) is 43.3. The van der Waals surface area contributed by atoms with Crippen LogP contribution in [-0.2, 0) is 63.0 Å². The van der Waals surface area contributed by atoms with Crippen molar-refractivity contribution in [3.63, 3.8) is 0 Å². The van der Waals surface area contributed by atoms with E-state index in [2.05, 4.69) is 112 Å². The summed E-state index contributed by atoms with van der Waals surface area (Å²) in [5, 5.41) is 15.2. The van der Waals surface area contributed by atoms with E-state index in [4.69, 9.17) is 4.74 Å². The quantitative estimate of drug-likeness (QED) is 0.0566. The largest absolute Gasteiger partial charge is 0.507 e. The molecule has 1 amide bonds. The SMILES string of the molecule is CCCCCc1ccc(CCN(Cc2ccccn2)Cc2cc(CCNC(=O)OC(C)(C)C)cc(CN(CCc3ccc(CCCCC)cc3)Cc3ccccn3)c2O)cc1. The second kappa shape index (κ2) is 25.0. The summed E-state index contributed by atoms with van der Waals surface area (Å²) in [6.07, 6.45) is 15.3. The molecule has 0 aliphatic heterocycles. The number of hydrogen-bond donors (Lipinski definition) is 2. The van der Waals surface area contributed by atoms with Gasteiger partial charge in [0.1, 0.15) is 11.4 Å². The normalized spacial score (nSPS) is 11.7. The van der Waals surface area contributed by atoms with Gasteiger partial charge in [0.05, 0.1) is 11.4 Å². The molecule has 0 unspecified atom stereocenters. The second-order valence-electron chi connectivity index (χ2n) is 17.6. The van der Waals surface area contributed by atoms with Crippen molar-refractivity contribution in [3.05, 3.63) is 160 Å². The summed E-state index contributed by atoms with van der Waals surface area (Å²) in [7, 11) is 0. The van der Waals surface area contributed by atoms with Gasteiger partial charge in [0.15, 0.2) is 0 Å². The number of aryl methyl sites for hydroxylation is 2. The lowest BCUT2D eigenvalue weighted by Crippen LogP contribution is -2.33. The molecule has 0 spiro atoms. The van der Waals surface area contributed by atoms with Gasteiger partial charge in [-0.2, -0.15) is 0 Å². The summed E-state index contributed by atoms with van der Waals surface area (Å²) in [6.45, 7) is 14.5. The molecule has 0 saturated heterocycles. The first-order chi connectivity index (χ1) is 29.6. The monoisotopic (exact) mass is 826 g/mol. The first-order valence-corrected chi connectivity index (χ1v) is 22.8. The molecule has 0 aliphatic carbocycles. The van der Waals surface area contributed by atoms with Crippen LogP contribution in [0, 0.1) is 0 Å². The van der Waals surface area contributed by atoms with Crippen LogP contribution in [-0.4, -0.2) is 56.2 Å². The maximum absolute atomic E-state index is 12.6. The standard InChI is InChI=1S/C53H71N5O3/c1-6-8-10-16-42-20-24-44(25-21-42)29-34-57(40-49-18-12-14-31-54-49)38-47-36-46(28-33-56-52(60)61-53(3,4)5)37-48(51(47)59)39-58(41-50-19-13-15-32-55-50)35-30-45-26-22-43(23-27-45)17-11-9-7-2/h12-15,18-27,31-32,36-37,59H,6-11,16-17,28-30,33-35,38-41H2,1-5H3,(H,56,60). The Balaban J connectivity index is 1.40. The molecule has 0 radical (unpaired) electrons. The fourth-order valence-corrected chi connectivity index (χ4v) is 7.67. The molecule has 0 atom stereocenters. The minimum absolute atomic E-state index is 0.314. The lowest BCUT2D eigenvalue weighted by Gasteiger charge is -2.26. The number of alkyl carbamates (subject to hydrolysis) is 1. The summed E-state index contributed by atoms with van der Waals surface area (Å²) in [5.74, 6) is 0.314. The Morgan fingerprint density at radius 3 is 1.43 bits per heavy atom. The number of phenols is 1. The van der Waals surface area contributed by atoms with E-state index in [1.165, 1.54) is 60.8 Å². The Morgan fingerprint density at radius 2 is 1.03 bits per heavy atom. The van der Waals surface area contributed by atoms with Crippen molar-refractivity contribution in [2.45, 2.75) is 137 Å². The Labute approximate surface area is 366 Å². The van der Waals surface area contributed by atoms with E-state index >= 15 is 0 Å². The predicted molar refractivity (Wildman–Crippen MR) is 249 cm³/mol. The van der Waals surface area contributed by atoms with Crippen molar-refractivity contribution < 1.29 is 14.6 Å². The van der Waals surface area contributed by atoms with Crippen molar-refractivity contribution in [1.29, 1.82) is 0 Å². The van der Waals surface area contributed by atoms with Crippen LogP contribution in [0.3, 0.4) is 0 Å². The van der Waals surface area contributed by atoms with Crippen molar-refractivity contribution in [2.75, 3.05) is 19.6 Å². The molecule has 2 N–H and O–H groups in total. The third kappa shape index (κ3) is 17.5. The first kappa shape index (κ1) is 47.0. The number of unbranched alkanes of at least 4 members (excludes halogenated alkanes) is 4. The van der Waals surface area contributed by atoms with Gasteiger partial charge in [-0.1, -0.05) is 112 Å². The highest BCUT2D eigenvalue weighted by atomic mass is 16.6. The van der Waals surface area contributed by atoms with Gasteiger partial charge < -0.3 is 15.2 Å². The van der Waals surface area contributed by atoms with Gasteiger partial charge in [0.25, 0.3) is 0 Å². The number of pyridine rings is 2.